The summed E-state index contributed by atoms with van der Waals surface area (Å²) < 4.78 is 61.4. The van der Waals surface area contributed by atoms with E-state index in [1.807, 2.05) is 0 Å². The Labute approximate surface area is 127 Å². The van der Waals surface area contributed by atoms with Gasteiger partial charge in [-0.1, -0.05) is 18.2 Å². The molecule has 0 aliphatic rings. The lowest BCUT2D eigenvalue weighted by atomic mass is 10.2. The first-order chi connectivity index (χ1) is 10.2. The number of rotatable bonds is 5. The number of nitrogens with one attached hydrogen (secondary N) is 1. The minimum atomic E-state index is -3.92. The SMILES string of the molecule is NS(=O)(=O)Cc1ccc(NS(=O)(=O)c2cccc(F)c2)cc1. The molecule has 0 fully saturated rings. The molecule has 9 heteroatoms. The molecule has 0 aliphatic carbocycles. The Bertz CT molecular complexity index is 879. The van der Waals surface area contributed by atoms with Crippen molar-refractivity contribution in [2.24, 2.45) is 5.14 Å². The van der Waals surface area contributed by atoms with E-state index in [9.17, 15) is 21.2 Å². The molecule has 6 nitrogen and oxygen atoms in total. The lowest BCUT2D eigenvalue weighted by Gasteiger charge is -2.09. The summed E-state index contributed by atoms with van der Waals surface area (Å²) in [5.41, 5.74) is 0.652. The summed E-state index contributed by atoms with van der Waals surface area (Å²) in [5.74, 6) is -1.00. The van der Waals surface area contributed by atoms with Gasteiger partial charge in [0, 0.05) is 5.69 Å². The third kappa shape index (κ3) is 4.52. The van der Waals surface area contributed by atoms with Crippen LogP contribution in [0.5, 0.6) is 0 Å². The van der Waals surface area contributed by atoms with Gasteiger partial charge in [0.1, 0.15) is 5.82 Å². The number of benzene rings is 2. The van der Waals surface area contributed by atoms with Gasteiger partial charge in [0.2, 0.25) is 10.0 Å². The number of anilines is 1. The second-order valence-corrected chi connectivity index (χ2v) is 7.86. The van der Waals surface area contributed by atoms with E-state index in [1.165, 1.54) is 36.4 Å². The molecule has 0 saturated carbocycles. The highest BCUT2D eigenvalue weighted by Crippen LogP contribution is 2.17. The maximum absolute atomic E-state index is 13.1. The van der Waals surface area contributed by atoms with Crippen LogP contribution in [0.4, 0.5) is 10.1 Å². The van der Waals surface area contributed by atoms with E-state index in [-0.39, 0.29) is 16.3 Å². The second kappa shape index (κ2) is 6.03. The Morgan fingerprint density at radius 2 is 1.64 bits per heavy atom. The first-order valence-corrected chi connectivity index (χ1v) is 9.23. The van der Waals surface area contributed by atoms with E-state index in [0.29, 0.717) is 5.56 Å². The standard InChI is InChI=1S/C13H13FN2O4S2/c14-11-2-1-3-13(8-11)22(19,20)16-12-6-4-10(5-7-12)9-21(15,17)18/h1-8,16H,9H2,(H2,15,17,18). The van der Waals surface area contributed by atoms with E-state index in [1.54, 1.807) is 0 Å². The van der Waals surface area contributed by atoms with Crippen LogP contribution in [-0.2, 0) is 25.8 Å². The average molecular weight is 344 g/mol. The maximum Gasteiger partial charge on any atom is 0.261 e. The average Bonchev–Trinajstić information content (AvgIpc) is 2.39. The lowest BCUT2D eigenvalue weighted by molar-refractivity contribution is 0.594. The summed E-state index contributed by atoms with van der Waals surface area (Å²) in [4.78, 5) is -0.207. The lowest BCUT2D eigenvalue weighted by Crippen LogP contribution is -2.15. The highest BCUT2D eigenvalue weighted by Gasteiger charge is 2.15. The first kappa shape index (κ1) is 16.4. The third-order valence-electron chi connectivity index (χ3n) is 2.68. The number of sulfonamides is 2. The Kier molecular flexibility index (Phi) is 4.50. The number of hydrogen-bond acceptors (Lipinski definition) is 4. The predicted octanol–water partition coefficient (Wildman–Crippen LogP) is 1.42. The molecule has 0 heterocycles. The van der Waals surface area contributed by atoms with E-state index >= 15 is 0 Å². The number of halogens is 1. The second-order valence-electron chi connectivity index (χ2n) is 4.57. The Morgan fingerprint density at radius 3 is 2.18 bits per heavy atom. The van der Waals surface area contributed by atoms with Crippen LogP contribution < -0.4 is 9.86 Å². The summed E-state index contributed by atoms with van der Waals surface area (Å²) in [6.07, 6.45) is 0. The zero-order valence-electron chi connectivity index (χ0n) is 11.2. The van der Waals surface area contributed by atoms with Crippen LogP contribution >= 0.6 is 0 Å². The zero-order chi connectivity index (χ0) is 16.4. The van der Waals surface area contributed by atoms with Crippen molar-refractivity contribution in [3.63, 3.8) is 0 Å². The number of nitrogens with two attached hydrogens (primary N) is 1. The third-order valence-corrected chi connectivity index (χ3v) is 4.80. The fourth-order valence-corrected chi connectivity index (χ4v) is 3.50. The smallest absolute Gasteiger partial charge is 0.261 e. The highest BCUT2D eigenvalue weighted by molar-refractivity contribution is 7.92. The summed E-state index contributed by atoms with van der Waals surface area (Å²) in [7, 11) is -7.57. The summed E-state index contributed by atoms with van der Waals surface area (Å²) >= 11 is 0. The van der Waals surface area contributed by atoms with Crippen molar-refractivity contribution < 1.29 is 21.2 Å². The van der Waals surface area contributed by atoms with Crippen LogP contribution in [0.25, 0.3) is 0 Å². The van der Waals surface area contributed by atoms with Crippen LogP contribution in [0.1, 0.15) is 5.56 Å². The van der Waals surface area contributed by atoms with Gasteiger partial charge < -0.3 is 0 Å². The Hall–Kier alpha value is -1.97. The van der Waals surface area contributed by atoms with Crippen LogP contribution in [0.2, 0.25) is 0 Å². The minimum absolute atomic E-state index is 0.207. The van der Waals surface area contributed by atoms with Gasteiger partial charge in [-0.25, -0.2) is 26.4 Å². The monoisotopic (exact) mass is 344 g/mol. The molecule has 2 rings (SSSR count). The molecule has 0 amide bonds. The highest BCUT2D eigenvalue weighted by atomic mass is 32.2. The molecule has 2 aromatic carbocycles. The molecule has 0 aromatic heterocycles. The molecule has 0 spiro atoms. The van der Waals surface area contributed by atoms with E-state index < -0.39 is 25.9 Å². The summed E-state index contributed by atoms with van der Waals surface area (Å²) in [6.45, 7) is 0. The molecular formula is C13H13FN2O4S2. The number of hydrogen-bond donors (Lipinski definition) is 2. The molecule has 0 atom stereocenters. The van der Waals surface area contributed by atoms with E-state index in [2.05, 4.69) is 4.72 Å². The summed E-state index contributed by atoms with van der Waals surface area (Å²) in [6, 6.07) is 10.3. The summed E-state index contributed by atoms with van der Waals surface area (Å²) in [5, 5.41) is 4.92. The van der Waals surface area contributed by atoms with Gasteiger partial charge in [-0.2, -0.15) is 0 Å². The molecule has 0 unspecified atom stereocenters. The Balaban J connectivity index is 2.20. The zero-order valence-corrected chi connectivity index (χ0v) is 12.9. The van der Waals surface area contributed by atoms with Crippen LogP contribution in [-0.4, -0.2) is 16.8 Å². The fraction of sp³-hybridized carbons (Fsp3) is 0.0769. The fourth-order valence-electron chi connectivity index (χ4n) is 1.75. The van der Waals surface area contributed by atoms with Crippen molar-refractivity contribution in [2.75, 3.05) is 4.72 Å². The van der Waals surface area contributed by atoms with Crippen molar-refractivity contribution in [1.82, 2.24) is 0 Å². The van der Waals surface area contributed by atoms with Gasteiger partial charge in [0.15, 0.2) is 0 Å². The molecule has 3 N–H and O–H groups in total. The van der Waals surface area contributed by atoms with Crippen LogP contribution in [0.15, 0.2) is 53.4 Å². The molecule has 22 heavy (non-hydrogen) atoms. The molecule has 2 aromatic rings. The van der Waals surface area contributed by atoms with Gasteiger partial charge >= 0.3 is 0 Å². The first-order valence-electron chi connectivity index (χ1n) is 6.03. The van der Waals surface area contributed by atoms with Gasteiger partial charge in [-0.15, -0.1) is 0 Å². The van der Waals surface area contributed by atoms with Crippen molar-refractivity contribution in [2.45, 2.75) is 10.6 Å². The largest absolute Gasteiger partial charge is 0.280 e. The normalized spacial score (nSPS) is 12.1. The van der Waals surface area contributed by atoms with Gasteiger partial charge in [0.25, 0.3) is 10.0 Å². The quantitative estimate of drug-likeness (QED) is 0.855. The van der Waals surface area contributed by atoms with E-state index in [4.69, 9.17) is 5.14 Å². The molecule has 0 radical (unpaired) electrons. The van der Waals surface area contributed by atoms with Crippen molar-refractivity contribution >= 4 is 25.7 Å². The molecular weight excluding hydrogens is 331 g/mol. The molecule has 0 bridgehead atoms. The van der Waals surface area contributed by atoms with Gasteiger partial charge in [0.05, 0.1) is 10.6 Å². The maximum atomic E-state index is 13.1. The predicted molar refractivity (Wildman–Crippen MR) is 80.5 cm³/mol. The van der Waals surface area contributed by atoms with Crippen molar-refractivity contribution in [3.8, 4) is 0 Å². The minimum Gasteiger partial charge on any atom is -0.280 e. The van der Waals surface area contributed by atoms with Crippen LogP contribution in [0.3, 0.4) is 0 Å². The van der Waals surface area contributed by atoms with Gasteiger partial charge in [-0.3, -0.25) is 4.72 Å². The molecule has 0 aliphatic heterocycles. The molecule has 118 valence electrons. The Morgan fingerprint density at radius 1 is 1.00 bits per heavy atom. The number of primary sulfonamides is 1. The van der Waals surface area contributed by atoms with Crippen molar-refractivity contribution in [1.29, 1.82) is 0 Å². The van der Waals surface area contributed by atoms with Gasteiger partial charge in [-0.05, 0) is 35.9 Å². The van der Waals surface area contributed by atoms with Crippen molar-refractivity contribution in [3.05, 3.63) is 59.9 Å². The topological polar surface area (TPSA) is 106 Å². The van der Waals surface area contributed by atoms with Crippen LogP contribution in [0, 0.1) is 5.82 Å². The van der Waals surface area contributed by atoms with E-state index in [0.717, 1.165) is 12.1 Å². The molecule has 0 saturated heterocycles.